The normalized spacial score (nSPS) is 13.7. The molecule has 0 saturated heterocycles. The predicted molar refractivity (Wildman–Crippen MR) is 110 cm³/mol. The summed E-state index contributed by atoms with van der Waals surface area (Å²) in [6.45, 7) is 2.64. The minimum atomic E-state index is -0.525. The van der Waals surface area contributed by atoms with Gasteiger partial charge in [0.05, 0.1) is 30.3 Å². The fourth-order valence-corrected chi connectivity index (χ4v) is 3.07. The van der Waals surface area contributed by atoms with E-state index >= 15 is 0 Å². The summed E-state index contributed by atoms with van der Waals surface area (Å²) < 4.78 is 10.5. The minimum Gasteiger partial charge on any atom is -0.494 e. The summed E-state index contributed by atoms with van der Waals surface area (Å²) in [5.74, 6) is -0.366. The van der Waals surface area contributed by atoms with Gasteiger partial charge in [0.15, 0.2) is 0 Å². The molecular weight excluding hydrogens is 390 g/mol. The maximum Gasteiger partial charge on any atom is 0.278 e. The van der Waals surface area contributed by atoms with Crippen LogP contribution in [0.25, 0.3) is 5.57 Å². The van der Waals surface area contributed by atoms with Gasteiger partial charge in [-0.2, -0.15) is 0 Å². The topological polar surface area (TPSA) is 111 Å². The lowest BCUT2D eigenvalue weighted by Gasteiger charge is -2.14. The van der Waals surface area contributed by atoms with Crippen molar-refractivity contribution in [1.82, 2.24) is 4.90 Å². The van der Waals surface area contributed by atoms with Crippen molar-refractivity contribution in [3.8, 4) is 5.75 Å². The van der Waals surface area contributed by atoms with Crippen LogP contribution >= 0.6 is 0 Å². The Morgan fingerprint density at radius 1 is 1.10 bits per heavy atom. The number of methoxy groups -OCH3 is 1. The SMILES string of the molecule is CCOc1cccc(NC2=C(c3ccc([N+](=O)[O-])cc3)C(=O)N(CCOC)C2=O)c1. The summed E-state index contributed by atoms with van der Waals surface area (Å²) in [6.07, 6.45) is 0. The molecule has 0 spiro atoms. The first-order valence-corrected chi connectivity index (χ1v) is 9.30. The Balaban J connectivity index is 2.02. The average Bonchev–Trinajstić information content (AvgIpc) is 2.96. The summed E-state index contributed by atoms with van der Waals surface area (Å²) in [5, 5.41) is 14.0. The van der Waals surface area contributed by atoms with Gasteiger partial charge in [0, 0.05) is 31.0 Å². The zero-order chi connectivity index (χ0) is 21.7. The summed E-state index contributed by atoms with van der Waals surface area (Å²) in [7, 11) is 1.48. The first-order valence-electron chi connectivity index (χ1n) is 9.30. The Hall–Kier alpha value is -3.72. The molecule has 3 rings (SSSR count). The number of hydrogen-bond acceptors (Lipinski definition) is 7. The van der Waals surface area contributed by atoms with Crippen molar-refractivity contribution < 1.29 is 24.0 Å². The van der Waals surface area contributed by atoms with Crippen molar-refractivity contribution in [3.63, 3.8) is 0 Å². The molecule has 0 saturated carbocycles. The largest absolute Gasteiger partial charge is 0.494 e. The van der Waals surface area contributed by atoms with Gasteiger partial charge in [0.2, 0.25) is 0 Å². The third kappa shape index (κ3) is 4.31. The standard InChI is InChI=1S/C21H21N3O6/c1-3-30-17-6-4-5-15(13-17)22-19-18(14-7-9-16(10-8-14)24(27)28)20(25)23(21(19)26)11-12-29-2/h4-10,13,22H,3,11-12H2,1-2H3. The van der Waals surface area contributed by atoms with Crippen molar-refractivity contribution in [2.24, 2.45) is 0 Å². The number of nitro groups is 1. The van der Waals surface area contributed by atoms with Crippen LogP contribution in [0.3, 0.4) is 0 Å². The lowest BCUT2D eigenvalue weighted by molar-refractivity contribution is -0.384. The molecule has 0 radical (unpaired) electrons. The van der Waals surface area contributed by atoms with Gasteiger partial charge in [-0.15, -0.1) is 0 Å². The van der Waals surface area contributed by atoms with Gasteiger partial charge >= 0.3 is 0 Å². The van der Waals surface area contributed by atoms with Gasteiger partial charge in [0.25, 0.3) is 17.5 Å². The van der Waals surface area contributed by atoms with Crippen LogP contribution in [0.4, 0.5) is 11.4 Å². The third-order valence-electron chi connectivity index (χ3n) is 4.47. The molecule has 2 amide bonds. The Kier molecular flexibility index (Phi) is 6.43. The molecule has 9 nitrogen and oxygen atoms in total. The first-order chi connectivity index (χ1) is 14.5. The van der Waals surface area contributed by atoms with Gasteiger partial charge in [-0.3, -0.25) is 24.6 Å². The van der Waals surface area contributed by atoms with Crippen LogP contribution < -0.4 is 10.1 Å². The molecule has 9 heteroatoms. The molecule has 30 heavy (non-hydrogen) atoms. The molecule has 0 bridgehead atoms. The number of nitro benzene ring substituents is 1. The Morgan fingerprint density at radius 2 is 1.83 bits per heavy atom. The number of nitrogens with zero attached hydrogens (tertiary/aromatic N) is 2. The number of rotatable bonds is 9. The molecule has 1 N–H and O–H groups in total. The van der Waals surface area contributed by atoms with E-state index in [2.05, 4.69) is 5.32 Å². The smallest absolute Gasteiger partial charge is 0.278 e. The van der Waals surface area contributed by atoms with Crippen molar-refractivity contribution in [3.05, 3.63) is 69.9 Å². The van der Waals surface area contributed by atoms with E-state index in [0.29, 0.717) is 23.6 Å². The molecule has 1 aliphatic rings. The highest BCUT2D eigenvalue weighted by Gasteiger charge is 2.39. The number of non-ortho nitro benzene ring substituents is 1. The Labute approximate surface area is 173 Å². The van der Waals surface area contributed by atoms with Crippen molar-refractivity contribution >= 4 is 28.8 Å². The van der Waals surface area contributed by atoms with E-state index in [1.807, 2.05) is 6.92 Å². The quantitative estimate of drug-likeness (QED) is 0.384. The van der Waals surface area contributed by atoms with Gasteiger partial charge in [-0.05, 0) is 36.8 Å². The monoisotopic (exact) mass is 411 g/mol. The zero-order valence-electron chi connectivity index (χ0n) is 16.6. The second-order valence-electron chi connectivity index (χ2n) is 6.39. The van der Waals surface area contributed by atoms with Crippen LogP contribution in [0.5, 0.6) is 5.75 Å². The van der Waals surface area contributed by atoms with Crippen molar-refractivity contribution in [2.45, 2.75) is 6.92 Å². The molecule has 1 heterocycles. The van der Waals surface area contributed by atoms with Crippen molar-refractivity contribution in [2.75, 3.05) is 32.2 Å². The van der Waals surface area contributed by atoms with Crippen LogP contribution in [-0.2, 0) is 14.3 Å². The number of hydrogen-bond donors (Lipinski definition) is 1. The zero-order valence-corrected chi connectivity index (χ0v) is 16.6. The summed E-state index contributed by atoms with van der Waals surface area (Å²) in [6, 6.07) is 12.5. The molecule has 0 fully saturated rings. The summed E-state index contributed by atoms with van der Waals surface area (Å²) in [4.78, 5) is 37.5. The van der Waals surface area contributed by atoms with E-state index in [0.717, 1.165) is 4.90 Å². The van der Waals surface area contributed by atoms with Crippen LogP contribution in [0.1, 0.15) is 12.5 Å². The predicted octanol–water partition coefficient (Wildman–Crippen LogP) is 2.83. The number of carbonyl (C=O) groups is 2. The average molecular weight is 411 g/mol. The molecule has 156 valence electrons. The van der Waals surface area contributed by atoms with Crippen LogP contribution in [0.2, 0.25) is 0 Å². The molecule has 2 aromatic rings. The Morgan fingerprint density at radius 3 is 2.47 bits per heavy atom. The van der Waals surface area contributed by atoms with Gasteiger partial charge in [0.1, 0.15) is 11.4 Å². The van der Waals surface area contributed by atoms with Crippen molar-refractivity contribution in [1.29, 1.82) is 0 Å². The van der Waals surface area contributed by atoms with E-state index in [1.165, 1.54) is 31.4 Å². The van der Waals surface area contributed by atoms with E-state index in [4.69, 9.17) is 9.47 Å². The molecular formula is C21H21N3O6. The summed E-state index contributed by atoms with van der Waals surface area (Å²) in [5.41, 5.74) is 1.12. The number of nitrogens with one attached hydrogen (secondary N) is 1. The summed E-state index contributed by atoms with van der Waals surface area (Å²) >= 11 is 0. The van der Waals surface area contributed by atoms with E-state index in [1.54, 1.807) is 24.3 Å². The number of ether oxygens (including phenoxy) is 2. The third-order valence-corrected chi connectivity index (χ3v) is 4.47. The highest BCUT2D eigenvalue weighted by Crippen LogP contribution is 2.32. The number of carbonyl (C=O) groups excluding carboxylic acids is 2. The second kappa shape index (κ2) is 9.19. The number of amides is 2. The van der Waals surface area contributed by atoms with Gasteiger partial charge < -0.3 is 14.8 Å². The Bertz CT molecular complexity index is 1000. The highest BCUT2D eigenvalue weighted by molar-refractivity contribution is 6.36. The lowest BCUT2D eigenvalue weighted by Crippen LogP contribution is -2.35. The molecule has 2 aromatic carbocycles. The first kappa shape index (κ1) is 21.0. The van der Waals surface area contributed by atoms with Crippen LogP contribution in [-0.4, -0.2) is 48.5 Å². The minimum absolute atomic E-state index is 0.0921. The van der Waals surface area contributed by atoms with E-state index in [9.17, 15) is 19.7 Å². The maximum absolute atomic E-state index is 13.0. The fourth-order valence-electron chi connectivity index (χ4n) is 3.07. The molecule has 1 aliphatic heterocycles. The second-order valence-corrected chi connectivity index (χ2v) is 6.39. The number of anilines is 1. The van der Waals surface area contributed by atoms with E-state index < -0.39 is 16.7 Å². The molecule has 0 aliphatic carbocycles. The van der Waals surface area contributed by atoms with Gasteiger partial charge in [-0.1, -0.05) is 6.07 Å². The highest BCUT2D eigenvalue weighted by atomic mass is 16.6. The van der Waals surface area contributed by atoms with E-state index in [-0.39, 0.29) is 30.1 Å². The number of benzene rings is 2. The molecule has 0 unspecified atom stereocenters. The van der Waals surface area contributed by atoms with Crippen LogP contribution in [0, 0.1) is 10.1 Å². The fraction of sp³-hybridized carbons (Fsp3) is 0.238. The van der Waals surface area contributed by atoms with Gasteiger partial charge in [-0.25, -0.2) is 0 Å². The molecule has 0 aromatic heterocycles. The maximum atomic E-state index is 13.0. The van der Waals surface area contributed by atoms with Crippen LogP contribution in [0.15, 0.2) is 54.2 Å². The molecule has 0 atom stereocenters. The lowest BCUT2D eigenvalue weighted by atomic mass is 10.0. The number of imide groups is 1.